The second-order valence-corrected chi connectivity index (χ2v) is 6.92. The predicted molar refractivity (Wildman–Crippen MR) is 94.3 cm³/mol. The monoisotopic (exact) mass is 416 g/mol. The fourth-order valence-electron chi connectivity index (χ4n) is 1.75. The van der Waals surface area contributed by atoms with Crippen LogP contribution in [-0.2, 0) is 0 Å². The van der Waals surface area contributed by atoms with E-state index in [2.05, 4.69) is 45.5 Å². The third-order valence-corrected chi connectivity index (χ3v) is 4.52. The maximum atomic E-state index is 11.3. The summed E-state index contributed by atoms with van der Waals surface area (Å²) in [6.45, 7) is 4.54. The van der Waals surface area contributed by atoms with E-state index >= 15 is 0 Å². The highest BCUT2D eigenvalue weighted by Gasteiger charge is 2.02. The zero-order chi connectivity index (χ0) is 15.2. The number of aromatic amines is 1. The summed E-state index contributed by atoms with van der Waals surface area (Å²) < 4.78 is 6.89. The van der Waals surface area contributed by atoms with Crippen molar-refractivity contribution in [3.8, 4) is 5.75 Å². The summed E-state index contributed by atoms with van der Waals surface area (Å²) >= 11 is 3.83. The van der Waals surface area contributed by atoms with Crippen molar-refractivity contribution in [2.24, 2.45) is 0 Å². The maximum absolute atomic E-state index is 11.3. The van der Waals surface area contributed by atoms with E-state index in [0.717, 1.165) is 27.2 Å². The fourth-order valence-corrected chi connectivity index (χ4v) is 3.42. The molecular weight excluding hydrogens is 399 g/mol. The van der Waals surface area contributed by atoms with Gasteiger partial charge in [0.05, 0.1) is 10.2 Å². The molecule has 1 heterocycles. The first-order valence-electron chi connectivity index (χ1n) is 6.64. The van der Waals surface area contributed by atoms with Gasteiger partial charge in [0, 0.05) is 17.5 Å². The van der Waals surface area contributed by atoms with Gasteiger partial charge >= 0.3 is 0 Å². The van der Waals surface area contributed by atoms with E-state index < -0.39 is 0 Å². The Kier molecular flexibility index (Phi) is 6.10. The summed E-state index contributed by atoms with van der Waals surface area (Å²) in [5.41, 5.74) is 1.87. The van der Waals surface area contributed by atoms with Gasteiger partial charge in [-0.1, -0.05) is 17.8 Å². The van der Waals surface area contributed by atoms with Gasteiger partial charge in [-0.3, -0.25) is 4.79 Å². The highest BCUT2D eigenvalue weighted by atomic mass is 127. The van der Waals surface area contributed by atoms with E-state index in [4.69, 9.17) is 4.74 Å². The molecule has 0 saturated carbocycles. The molecule has 6 heteroatoms. The van der Waals surface area contributed by atoms with E-state index in [1.807, 2.05) is 19.1 Å². The largest absolute Gasteiger partial charge is 0.492 e. The minimum atomic E-state index is -0.101. The number of halogens is 1. The van der Waals surface area contributed by atoms with Crippen molar-refractivity contribution < 1.29 is 4.74 Å². The molecule has 1 aromatic heterocycles. The van der Waals surface area contributed by atoms with Crippen molar-refractivity contribution >= 4 is 34.4 Å². The Hall–Kier alpha value is -1.02. The van der Waals surface area contributed by atoms with Crippen LogP contribution < -0.4 is 10.3 Å². The Labute approximate surface area is 141 Å². The molecule has 0 unspecified atom stereocenters. The van der Waals surface area contributed by atoms with E-state index in [0.29, 0.717) is 11.8 Å². The summed E-state index contributed by atoms with van der Waals surface area (Å²) in [6, 6.07) is 7.65. The van der Waals surface area contributed by atoms with E-state index in [-0.39, 0.29) is 5.56 Å². The smallest absolute Gasteiger partial charge is 0.251 e. The average molecular weight is 416 g/mol. The summed E-state index contributed by atoms with van der Waals surface area (Å²) in [5.74, 6) is 1.78. The lowest BCUT2D eigenvalue weighted by atomic mass is 10.2. The third kappa shape index (κ3) is 5.35. The zero-order valence-electron chi connectivity index (χ0n) is 12.0. The number of aryl methyl sites for hydroxylation is 2. The molecule has 0 fully saturated rings. The van der Waals surface area contributed by atoms with Crippen LogP contribution in [0.4, 0.5) is 0 Å². The Morgan fingerprint density at radius 1 is 1.33 bits per heavy atom. The molecular formula is C15H17IN2O2S. The van der Waals surface area contributed by atoms with Gasteiger partial charge in [-0.25, -0.2) is 4.98 Å². The summed E-state index contributed by atoms with van der Waals surface area (Å²) in [5, 5.41) is 0.671. The molecule has 1 aromatic carbocycles. The number of thioether (sulfide) groups is 1. The molecule has 21 heavy (non-hydrogen) atoms. The fraction of sp³-hybridized carbons (Fsp3) is 0.333. The second-order valence-electron chi connectivity index (χ2n) is 4.68. The van der Waals surface area contributed by atoms with Gasteiger partial charge in [-0.05, 0) is 60.6 Å². The number of nitrogens with one attached hydrogen (secondary N) is 1. The number of rotatable bonds is 6. The number of H-pyrrole nitrogens is 1. The second kappa shape index (κ2) is 7.84. The molecule has 0 aliphatic carbocycles. The first-order valence-corrected chi connectivity index (χ1v) is 8.71. The highest BCUT2D eigenvalue weighted by Crippen LogP contribution is 2.22. The Morgan fingerprint density at radius 3 is 2.86 bits per heavy atom. The topological polar surface area (TPSA) is 55.0 Å². The van der Waals surface area contributed by atoms with E-state index in [1.165, 1.54) is 11.6 Å². The molecule has 2 rings (SSSR count). The van der Waals surface area contributed by atoms with Crippen LogP contribution in [0.3, 0.4) is 0 Å². The van der Waals surface area contributed by atoms with Crippen molar-refractivity contribution in [2.75, 3.05) is 12.4 Å². The van der Waals surface area contributed by atoms with Crippen LogP contribution in [0.2, 0.25) is 0 Å². The number of hydrogen-bond acceptors (Lipinski definition) is 4. The van der Waals surface area contributed by atoms with Crippen LogP contribution in [0.25, 0.3) is 0 Å². The molecule has 2 aromatic rings. The lowest BCUT2D eigenvalue weighted by molar-refractivity contribution is 0.316. The normalized spacial score (nSPS) is 10.6. The molecule has 0 bridgehead atoms. The first kappa shape index (κ1) is 16.4. The Balaban J connectivity index is 1.76. The van der Waals surface area contributed by atoms with Crippen LogP contribution >= 0.6 is 34.4 Å². The standard InChI is InChI=1S/C15H17IN2O2S/c1-10-4-5-13(12(16)8-10)20-6-3-7-21-15-17-11(2)9-14(19)18-15/h4-5,8-9H,3,6-7H2,1-2H3,(H,17,18,19). The average Bonchev–Trinajstić information content (AvgIpc) is 2.39. The lowest BCUT2D eigenvalue weighted by Gasteiger charge is -2.08. The molecule has 0 amide bonds. The van der Waals surface area contributed by atoms with E-state index in [9.17, 15) is 4.79 Å². The zero-order valence-corrected chi connectivity index (χ0v) is 15.0. The van der Waals surface area contributed by atoms with Crippen molar-refractivity contribution in [1.82, 2.24) is 9.97 Å². The van der Waals surface area contributed by atoms with Gasteiger partial charge < -0.3 is 9.72 Å². The number of benzene rings is 1. The van der Waals surface area contributed by atoms with Gasteiger partial charge in [0.25, 0.3) is 5.56 Å². The van der Waals surface area contributed by atoms with Crippen molar-refractivity contribution in [2.45, 2.75) is 25.4 Å². The van der Waals surface area contributed by atoms with Gasteiger partial charge in [-0.2, -0.15) is 0 Å². The molecule has 0 spiro atoms. The van der Waals surface area contributed by atoms with Crippen LogP contribution in [0.1, 0.15) is 17.7 Å². The van der Waals surface area contributed by atoms with Crippen molar-refractivity contribution in [3.05, 3.63) is 49.4 Å². The molecule has 0 radical (unpaired) electrons. The summed E-state index contributed by atoms with van der Waals surface area (Å²) in [4.78, 5) is 18.3. The SMILES string of the molecule is Cc1ccc(OCCCSc2nc(C)cc(=O)[nH]2)c(I)c1. The minimum absolute atomic E-state index is 0.101. The number of hydrogen-bond donors (Lipinski definition) is 1. The van der Waals surface area contributed by atoms with Crippen molar-refractivity contribution in [1.29, 1.82) is 0 Å². The highest BCUT2D eigenvalue weighted by molar-refractivity contribution is 14.1. The van der Waals surface area contributed by atoms with Crippen LogP contribution in [0.15, 0.2) is 34.2 Å². The molecule has 1 N–H and O–H groups in total. The molecule has 0 aliphatic heterocycles. The Morgan fingerprint density at radius 2 is 2.14 bits per heavy atom. The molecule has 4 nitrogen and oxygen atoms in total. The van der Waals surface area contributed by atoms with Gasteiger partial charge in [0.2, 0.25) is 0 Å². The van der Waals surface area contributed by atoms with E-state index in [1.54, 1.807) is 11.8 Å². The first-order chi connectivity index (χ1) is 10.0. The molecule has 0 atom stereocenters. The van der Waals surface area contributed by atoms with Gasteiger partial charge in [-0.15, -0.1) is 0 Å². The van der Waals surface area contributed by atoms with Gasteiger partial charge in [0.15, 0.2) is 5.16 Å². The maximum Gasteiger partial charge on any atom is 0.251 e. The summed E-state index contributed by atoms with van der Waals surface area (Å²) in [7, 11) is 0. The summed E-state index contributed by atoms with van der Waals surface area (Å²) in [6.07, 6.45) is 0.895. The number of ether oxygens (including phenoxy) is 1. The van der Waals surface area contributed by atoms with Crippen LogP contribution in [0.5, 0.6) is 5.75 Å². The van der Waals surface area contributed by atoms with Crippen molar-refractivity contribution in [3.63, 3.8) is 0 Å². The number of nitrogens with zero attached hydrogens (tertiary/aromatic N) is 1. The molecule has 0 aliphatic rings. The molecule has 0 saturated heterocycles. The Bertz CT molecular complexity index is 673. The minimum Gasteiger partial charge on any atom is -0.492 e. The molecule has 112 valence electrons. The quantitative estimate of drug-likeness (QED) is 0.339. The van der Waals surface area contributed by atoms with Crippen LogP contribution in [0, 0.1) is 17.4 Å². The van der Waals surface area contributed by atoms with Gasteiger partial charge in [0.1, 0.15) is 5.75 Å². The third-order valence-electron chi connectivity index (χ3n) is 2.72. The lowest BCUT2D eigenvalue weighted by Crippen LogP contribution is -2.08. The predicted octanol–water partition coefficient (Wildman–Crippen LogP) is 3.55. The van der Waals surface area contributed by atoms with Crippen LogP contribution in [-0.4, -0.2) is 22.3 Å². The number of aromatic nitrogens is 2.